The average Bonchev–Trinajstić information content (AvgIpc) is 2.80. The van der Waals surface area contributed by atoms with E-state index in [-0.39, 0.29) is 5.78 Å². The Hall–Kier alpha value is -0.480. The topological polar surface area (TPSA) is 20.3 Å². The van der Waals surface area contributed by atoms with Crippen molar-refractivity contribution in [2.45, 2.75) is 19.4 Å². The number of nitrogens with zero attached hydrogens (tertiary/aromatic N) is 1. The third-order valence-corrected chi connectivity index (χ3v) is 4.81. The molecule has 1 aromatic carbocycles. The van der Waals surface area contributed by atoms with Crippen LogP contribution in [0, 0.1) is 0 Å². The summed E-state index contributed by atoms with van der Waals surface area (Å²) >= 11 is 5.46. The third-order valence-electron chi connectivity index (χ3n) is 3.17. The summed E-state index contributed by atoms with van der Waals surface area (Å²) in [4.78, 5) is 13.9. The second kappa shape index (κ2) is 5.44. The van der Waals surface area contributed by atoms with Gasteiger partial charge in [0.25, 0.3) is 0 Å². The van der Waals surface area contributed by atoms with Gasteiger partial charge in [-0.1, -0.05) is 15.9 Å². The standard InChI is InChI=1S/C13H16BrNOS/c1-9(16)12-4-3-10(14)7-13(12)15(2)11-5-6-17-8-11/h3-4,7,11H,5-6,8H2,1-2H3. The quantitative estimate of drug-likeness (QED) is 0.795. The molecule has 0 aliphatic carbocycles. The number of rotatable bonds is 3. The Morgan fingerprint density at radius 1 is 1.53 bits per heavy atom. The molecule has 1 aliphatic rings. The number of ketones is 1. The molecule has 1 aliphatic heterocycles. The molecule has 1 unspecified atom stereocenters. The highest BCUT2D eigenvalue weighted by Gasteiger charge is 2.23. The van der Waals surface area contributed by atoms with Crippen molar-refractivity contribution in [2.24, 2.45) is 0 Å². The highest BCUT2D eigenvalue weighted by atomic mass is 79.9. The molecular weight excluding hydrogens is 298 g/mol. The van der Waals surface area contributed by atoms with Crippen LogP contribution in [-0.2, 0) is 0 Å². The number of anilines is 1. The van der Waals surface area contributed by atoms with Crippen molar-refractivity contribution in [3.8, 4) is 0 Å². The van der Waals surface area contributed by atoms with Crippen molar-refractivity contribution in [1.29, 1.82) is 0 Å². The van der Waals surface area contributed by atoms with Gasteiger partial charge in [0.1, 0.15) is 0 Å². The summed E-state index contributed by atoms with van der Waals surface area (Å²) < 4.78 is 1.02. The molecule has 1 aromatic rings. The maximum Gasteiger partial charge on any atom is 0.161 e. The zero-order valence-electron chi connectivity index (χ0n) is 10.1. The number of halogens is 1. The molecule has 2 rings (SSSR count). The molecule has 92 valence electrons. The second-order valence-corrected chi connectivity index (χ2v) is 6.41. The van der Waals surface area contributed by atoms with E-state index in [1.54, 1.807) is 6.92 Å². The average molecular weight is 314 g/mol. The van der Waals surface area contributed by atoms with Gasteiger partial charge in [-0.15, -0.1) is 0 Å². The zero-order valence-corrected chi connectivity index (χ0v) is 12.5. The summed E-state index contributed by atoms with van der Waals surface area (Å²) in [6.45, 7) is 1.63. The lowest BCUT2D eigenvalue weighted by Gasteiger charge is -2.28. The Morgan fingerprint density at radius 2 is 2.29 bits per heavy atom. The Labute approximate surface area is 115 Å². The number of hydrogen-bond acceptors (Lipinski definition) is 3. The van der Waals surface area contributed by atoms with Crippen LogP contribution < -0.4 is 4.90 Å². The van der Waals surface area contributed by atoms with Gasteiger partial charge < -0.3 is 4.90 Å². The first-order chi connectivity index (χ1) is 8.09. The lowest BCUT2D eigenvalue weighted by atomic mass is 10.1. The predicted molar refractivity (Wildman–Crippen MR) is 78.3 cm³/mol. The predicted octanol–water partition coefficient (Wildman–Crippen LogP) is 3.59. The second-order valence-electron chi connectivity index (χ2n) is 4.35. The Kier molecular flexibility index (Phi) is 4.15. The van der Waals surface area contributed by atoms with Crippen molar-refractivity contribution in [3.63, 3.8) is 0 Å². The van der Waals surface area contributed by atoms with E-state index in [1.807, 2.05) is 30.0 Å². The van der Waals surface area contributed by atoms with E-state index in [0.29, 0.717) is 6.04 Å². The van der Waals surface area contributed by atoms with Crippen LogP contribution in [-0.4, -0.2) is 30.4 Å². The normalized spacial score (nSPS) is 19.4. The SMILES string of the molecule is CC(=O)c1ccc(Br)cc1N(C)C1CCSC1. The van der Waals surface area contributed by atoms with Gasteiger partial charge in [0.05, 0.1) is 0 Å². The van der Waals surface area contributed by atoms with E-state index < -0.39 is 0 Å². The minimum atomic E-state index is 0.130. The molecule has 0 N–H and O–H groups in total. The molecule has 0 bridgehead atoms. The first-order valence-electron chi connectivity index (χ1n) is 5.70. The molecule has 1 saturated heterocycles. The van der Waals surface area contributed by atoms with Crippen molar-refractivity contribution in [3.05, 3.63) is 28.2 Å². The van der Waals surface area contributed by atoms with Crippen molar-refractivity contribution >= 4 is 39.2 Å². The van der Waals surface area contributed by atoms with Crippen LogP contribution >= 0.6 is 27.7 Å². The minimum Gasteiger partial charge on any atom is -0.370 e. The molecule has 0 amide bonds. The van der Waals surface area contributed by atoms with Gasteiger partial charge in [0.2, 0.25) is 0 Å². The van der Waals surface area contributed by atoms with Crippen LogP contribution in [0.1, 0.15) is 23.7 Å². The summed E-state index contributed by atoms with van der Waals surface area (Å²) in [5, 5.41) is 0. The first-order valence-corrected chi connectivity index (χ1v) is 7.65. The van der Waals surface area contributed by atoms with Crippen LogP contribution in [0.3, 0.4) is 0 Å². The highest BCUT2D eigenvalue weighted by Crippen LogP contribution is 2.30. The zero-order chi connectivity index (χ0) is 12.4. The number of Topliss-reactive ketones (excluding diaryl/α,β-unsaturated/α-hetero) is 1. The fourth-order valence-electron chi connectivity index (χ4n) is 2.12. The van der Waals surface area contributed by atoms with E-state index in [2.05, 4.69) is 27.9 Å². The van der Waals surface area contributed by atoms with Gasteiger partial charge in [0, 0.05) is 34.6 Å². The Morgan fingerprint density at radius 3 is 2.88 bits per heavy atom. The lowest BCUT2D eigenvalue weighted by molar-refractivity contribution is 0.101. The van der Waals surface area contributed by atoms with Gasteiger partial charge in [-0.25, -0.2) is 0 Å². The molecule has 0 aromatic heterocycles. The summed E-state index contributed by atoms with van der Waals surface area (Å²) in [5.74, 6) is 2.50. The van der Waals surface area contributed by atoms with Crippen molar-refractivity contribution < 1.29 is 4.79 Å². The monoisotopic (exact) mass is 313 g/mol. The number of carbonyl (C=O) groups is 1. The van der Waals surface area contributed by atoms with E-state index in [1.165, 1.54) is 12.2 Å². The Balaban J connectivity index is 2.34. The molecular formula is C13H16BrNOS. The van der Waals surface area contributed by atoms with E-state index >= 15 is 0 Å². The number of thioether (sulfide) groups is 1. The fraction of sp³-hybridized carbons (Fsp3) is 0.462. The fourth-order valence-corrected chi connectivity index (χ4v) is 3.74. The molecule has 0 saturated carbocycles. The van der Waals surface area contributed by atoms with E-state index in [4.69, 9.17) is 0 Å². The molecule has 2 nitrogen and oxygen atoms in total. The van der Waals surface area contributed by atoms with Crippen LogP contribution in [0.4, 0.5) is 5.69 Å². The van der Waals surface area contributed by atoms with Crippen LogP contribution in [0.2, 0.25) is 0 Å². The van der Waals surface area contributed by atoms with Crippen molar-refractivity contribution in [2.75, 3.05) is 23.5 Å². The maximum atomic E-state index is 11.6. The smallest absolute Gasteiger partial charge is 0.161 e. The molecule has 4 heteroatoms. The summed E-state index contributed by atoms with van der Waals surface area (Å²) in [7, 11) is 2.09. The molecule has 0 radical (unpaired) electrons. The number of carbonyl (C=O) groups excluding carboxylic acids is 1. The number of benzene rings is 1. The van der Waals surface area contributed by atoms with Crippen LogP contribution in [0.25, 0.3) is 0 Å². The van der Waals surface area contributed by atoms with Crippen molar-refractivity contribution in [1.82, 2.24) is 0 Å². The largest absolute Gasteiger partial charge is 0.370 e. The van der Waals surface area contributed by atoms with Gasteiger partial charge in [-0.3, -0.25) is 4.79 Å². The molecule has 1 heterocycles. The summed E-state index contributed by atoms with van der Waals surface area (Å²) in [5.41, 5.74) is 1.85. The molecule has 0 spiro atoms. The van der Waals surface area contributed by atoms with Gasteiger partial charge in [-0.2, -0.15) is 11.8 Å². The third kappa shape index (κ3) is 2.86. The van der Waals surface area contributed by atoms with E-state index in [0.717, 1.165) is 21.5 Å². The summed E-state index contributed by atoms with van der Waals surface area (Å²) in [6, 6.07) is 6.42. The Bertz CT molecular complexity index is 429. The highest BCUT2D eigenvalue weighted by molar-refractivity contribution is 9.10. The maximum absolute atomic E-state index is 11.6. The minimum absolute atomic E-state index is 0.130. The molecule has 17 heavy (non-hydrogen) atoms. The summed E-state index contributed by atoms with van der Waals surface area (Å²) in [6.07, 6.45) is 1.20. The van der Waals surface area contributed by atoms with Gasteiger partial charge in [0.15, 0.2) is 5.78 Å². The van der Waals surface area contributed by atoms with Crippen LogP contribution in [0.15, 0.2) is 22.7 Å². The van der Waals surface area contributed by atoms with Gasteiger partial charge >= 0.3 is 0 Å². The molecule has 1 fully saturated rings. The first kappa shape index (κ1) is 13.0. The number of hydrogen-bond donors (Lipinski definition) is 0. The van der Waals surface area contributed by atoms with Crippen LogP contribution in [0.5, 0.6) is 0 Å². The van der Waals surface area contributed by atoms with Gasteiger partial charge in [-0.05, 0) is 37.3 Å². The lowest BCUT2D eigenvalue weighted by Crippen LogP contribution is -2.32. The van der Waals surface area contributed by atoms with E-state index in [9.17, 15) is 4.79 Å². The molecule has 1 atom stereocenters.